The van der Waals surface area contributed by atoms with Gasteiger partial charge in [-0.1, -0.05) is 22.0 Å². The lowest BCUT2D eigenvalue weighted by Crippen LogP contribution is -2.18. The van der Waals surface area contributed by atoms with Crippen molar-refractivity contribution in [3.8, 4) is 0 Å². The van der Waals surface area contributed by atoms with Gasteiger partial charge in [0.25, 0.3) is 0 Å². The molecule has 26 heavy (non-hydrogen) atoms. The molecule has 9 heteroatoms. The molecule has 1 aromatic carbocycles. The van der Waals surface area contributed by atoms with E-state index in [2.05, 4.69) is 46.2 Å². The first kappa shape index (κ1) is 16.5. The summed E-state index contributed by atoms with van der Waals surface area (Å²) in [5.41, 5.74) is 3.97. The van der Waals surface area contributed by atoms with Crippen LogP contribution in [0.2, 0.25) is 0 Å². The number of nitrogens with one attached hydrogen (secondary N) is 3. The van der Waals surface area contributed by atoms with Gasteiger partial charge in [-0.25, -0.2) is 14.8 Å². The third-order valence-electron chi connectivity index (χ3n) is 4.13. The van der Waals surface area contributed by atoms with Crippen molar-refractivity contribution >= 4 is 33.0 Å². The van der Waals surface area contributed by atoms with Crippen LogP contribution in [0.4, 0.5) is 5.95 Å². The summed E-state index contributed by atoms with van der Waals surface area (Å²) in [4.78, 5) is 31.0. The second-order valence-corrected chi connectivity index (χ2v) is 6.85. The minimum Gasteiger partial charge on any atom is -0.351 e. The minimum absolute atomic E-state index is 0.210. The summed E-state index contributed by atoms with van der Waals surface area (Å²) in [5, 5.41) is 3.12. The van der Waals surface area contributed by atoms with Crippen LogP contribution in [0, 0.1) is 6.92 Å². The SMILES string of the molecule is Cc1ccc(Br)cc1Cn1c(=O)[nH]c2cnc(NCc3c[nH]cn3)nc21. The normalized spacial score (nSPS) is 11.2. The number of aryl methyl sites for hydroxylation is 1. The first-order valence-corrected chi connectivity index (χ1v) is 8.81. The van der Waals surface area contributed by atoms with Crippen LogP contribution in [0.25, 0.3) is 11.2 Å². The van der Waals surface area contributed by atoms with Gasteiger partial charge in [-0.3, -0.25) is 4.57 Å². The number of benzene rings is 1. The molecular formula is C17H16BrN7O. The average Bonchev–Trinajstić information content (AvgIpc) is 3.24. The molecule has 0 spiro atoms. The maximum atomic E-state index is 12.4. The fraction of sp³-hybridized carbons (Fsp3) is 0.176. The molecule has 0 aliphatic rings. The molecule has 3 N–H and O–H groups in total. The summed E-state index contributed by atoms with van der Waals surface area (Å²) in [6.07, 6.45) is 5.03. The quantitative estimate of drug-likeness (QED) is 0.466. The fourth-order valence-electron chi connectivity index (χ4n) is 2.72. The van der Waals surface area contributed by atoms with Gasteiger partial charge < -0.3 is 15.3 Å². The van der Waals surface area contributed by atoms with E-state index < -0.39 is 0 Å². The number of hydrogen-bond donors (Lipinski definition) is 3. The highest BCUT2D eigenvalue weighted by Gasteiger charge is 2.12. The Morgan fingerprint density at radius 1 is 1.31 bits per heavy atom. The molecule has 0 unspecified atom stereocenters. The Bertz CT molecular complexity index is 1110. The maximum absolute atomic E-state index is 12.4. The third kappa shape index (κ3) is 3.25. The topological polar surface area (TPSA) is 104 Å². The van der Waals surface area contributed by atoms with Crippen LogP contribution in [0.15, 0.2) is 46.2 Å². The molecule has 132 valence electrons. The Labute approximate surface area is 156 Å². The lowest BCUT2D eigenvalue weighted by molar-refractivity contribution is 0.772. The highest BCUT2D eigenvalue weighted by molar-refractivity contribution is 9.10. The van der Waals surface area contributed by atoms with Gasteiger partial charge in [0.05, 0.1) is 31.3 Å². The molecule has 0 radical (unpaired) electrons. The van der Waals surface area contributed by atoms with Gasteiger partial charge in [0, 0.05) is 10.7 Å². The number of nitrogens with zero attached hydrogens (tertiary/aromatic N) is 4. The van der Waals surface area contributed by atoms with E-state index in [1.807, 2.05) is 25.1 Å². The Balaban J connectivity index is 1.67. The van der Waals surface area contributed by atoms with E-state index in [1.54, 1.807) is 23.3 Å². The molecule has 8 nitrogen and oxygen atoms in total. The Hall–Kier alpha value is -2.94. The fourth-order valence-corrected chi connectivity index (χ4v) is 3.12. The van der Waals surface area contributed by atoms with Crippen molar-refractivity contribution in [3.05, 3.63) is 68.7 Å². The molecule has 4 rings (SSSR count). The second-order valence-electron chi connectivity index (χ2n) is 5.93. The van der Waals surface area contributed by atoms with Crippen LogP contribution >= 0.6 is 15.9 Å². The zero-order valence-corrected chi connectivity index (χ0v) is 15.5. The van der Waals surface area contributed by atoms with Gasteiger partial charge in [-0.05, 0) is 30.2 Å². The van der Waals surface area contributed by atoms with Crippen LogP contribution in [0.1, 0.15) is 16.8 Å². The molecule has 3 heterocycles. The number of anilines is 1. The highest BCUT2D eigenvalue weighted by Crippen LogP contribution is 2.18. The summed E-state index contributed by atoms with van der Waals surface area (Å²) in [6, 6.07) is 6.01. The van der Waals surface area contributed by atoms with E-state index in [4.69, 9.17) is 0 Å². The molecule has 4 aromatic rings. The molecule has 0 aliphatic heterocycles. The molecule has 0 amide bonds. The lowest BCUT2D eigenvalue weighted by Gasteiger charge is -2.08. The van der Waals surface area contributed by atoms with Gasteiger partial charge >= 0.3 is 5.69 Å². The van der Waals surface area contributed by atoms with Gasteiger partial charge in [0.2, 0.25) is 5.95 Å². The third-order valence-corrected chi connectivity index (χ3v) is 4.63. The number of hydrogen-bond acceptors (Lipinski definition) is 5. The van der Waals surface area contributed by atoms with Crippen molar-refractivity contribution in [1.82, 2.24) is 29.5 Å². The summed E-state index contributed by atoms with van der Waals surface area (Å²) in [5.74, 6) is 0.444. The van der Waals surface area contributed by atoms with Crippen molar-refractivity contribution in [2.75, 3.05) is 5.32 Å². The van der Waals surface area contributed by atoms with E-state index in [9.17, 15) is 4.79 Å². The predicted molar refractivity (Wildman–Crippen MR) is 102 cm³/mol. The first-order chi connectivity index (χ1) is 12.6. The number of imidazole rings is 2. The van der Waals surface area contributed by atoms with E-state index >= 15 is 0 Å². The highest BCUT2D eigenvalue weighted by atomic mass is 79.9. The molecule has 3 aromatic heterocycles. The number of fused-ring (bicyclic) bond motifs is 1. The van der Waals surface area contributed by atoms with Gasteiger partial charge in [-0.15, -0.1) is 0 Å². The standard InChI is InChI=1S/C17H16BrN7O/c1-10-2-3-12(18)4-11(10)8-25-15-14(23-17(25)26)7-21-16(24-15)20-6-13-5-19-9-22-13/h2-5,7,9H,6,8H2,1H3,(H,19,22)(H,23,26)(H,20,21,24). The lowest BCUT2D eigenvalue weighted by atomic mass is 10.1. The summed E-state index contributed by atoms with van der Waals surface area (Å²) in [7, 11) is 0. The summed E-state index contributed by atoms with van der Waals surface area (Å²) < 4.78 is 2.59. The smallest absolute Gasteiger partial charge is 0.328 e. The van der Waals surface area contributed by atoms with Crippen LogP contribution in [-0.4, -0.2) is 29.5 Å². The monoisotopic (exact) mass is 413 g/mol. The predicted octanol–water partition coefficient (Wildman–Crippen LogP) is 2.57. The van der Waals surface area contributed by atoms with Gasteiger partial charge in [0.1, 0.15) is 5.52 Å². The summed E-state index contributed by atoms with van der Waals surface area (Å²) >= 11 is 3.48. The number of H-pyrrole nitrogens is 2. The summed E-state index contributed by atoms with van der Waals surface area (Å²) in [6.45, 7) is 2.95. The Morgan fingerprint density at radius 3 is 3.00 bits per heavy atom. The van der Waals surface area contributed by atoms with E-state index in [-0.39, 0.29) is 5.69 Å². The number of halogens is 1. The Morgan fingerprint density at radius 2 is 2.19 bits per heavy atom. The number of rotatable bonds is 5. The maximum Gasteiger partial charge on any atom is 0.328 e. The van der Waals surface area contributed by atoms with Gasteiger partial charge in [-0.2, -0.15) is 4.98 Å². The molecule has 0 saturated heterocycles. The van der Waals surface area contributed by atoms with Crippen molar-refractivity contribution in [2.45, 2.75) is 20.0 Å². The first-order valence-electron chi connectivity index (χ1n) is 8.02. The molecule has 0 fully saturated rings. The van der Waals surface area contributed by atoms with E-state index in [0.717, 1.165) is 21.3 Å². The van der Waals surface area contributed by atoms with Crippen LogP contribution in [0.3, 0.4) is 0 Å². The molecule has 0 bridgehead atoms. The van der Waals surface area contributed by atoms with Crippen molar-refractivity contribution in [3.63, 3.8) is 0 Å². The van der Waals surface area contributed by atoms with E-state index in [0.29, 0.717) is 30.2 Å². The zero-order chi connectivity index (χ0) is 18.1. The van der Waals surface area contributed by atoms with Crippen LogP contribution < -0.4 is 11.0 Å². The number of aromatic amines is 2. The zero-order valence-electron chi connectivity index (χ0n) is 14.0. The Kier molecular flexibility index (Phi) is 4.29. The molecule has 0 saturated carbocycles. The van der Waals surface area contributed by atoms with Crippen LogP contribution in [-0.2, 0) is 13.1 Å². The molecule has 0 atom stereocenters. The van der Waals surface area contributed by atoms with Crippen LogP contribution in [0.5, 0.6) is 0 Å². The van der Waals surface area contributed by atoms with Gasteiger partial charge in [0.15, 0.2) is 5.65 Å². The molecular weight excluding hydrogens is 398 g/mol. The average molecular weight is 414 g/mol. The van der Waals surface area contributed by atoms with Crippen molar-refractivity contribution in [2.24, 2.45) is 0 Å². The largest absolute Gasteiger partial charge is 0.351 e. The second kappa shape index (κ2) is 6.75. The van der Waals surface area contributed by atoms with E-state index in [1.165, 1.54) is 0 Å². The van der Waals surface area contributed by atoms with Crippen molar-refractivity contribution < 1.29 is 0 Å². The minimum atomic E-state index is -0.210. The molecule has 0 aliphatic carbocycles. The van der Waals surface area contributed by atoms with Crippen molar-refractivity contribution in [1.29, 1.82) is 0 Å². The number of aromatic nitrogens is 6.